The molecule has 0 fully saturated rings. The predicted octanol–water partition coefficient (Wildman–Crippen LogP) is 1.76. The van der Waals surface area contributed by atoms with Gasteiger partial charge in [0, 0.05) is 18.0 Å². The van der Waals surface area contributed by atoms with Crippen LogP contribution in [0.2, 0.25) is 0 Å². The molecule has 0 amide bonds. The topological polar surface area (TPSA) is 54.4 Å². The van der Waals surface area contributed by atoms with E-state index in [0.717, 1.165) is 31.8 Å². The van der Waals surface area contributed by atoms with Crippen molar-refractivity contribution in [2.45, 2.75) is 39.2 Å². The molecule has 1 aromatic rings. The predicted molar refractivity (Wildman–Crippen MR) is 77.5 cm³/mol. The number of hydrogen-bond donors (Lipinski definition) is 2. The second-order valence-electron chi connectivity index (χ2n) is 5.19. The average Bonchev–Trinajstić information content (AvgIpc) is 2.79. The molecule has 0 bridgehead atoms. The largest absolute Gasteiger partial charge is 0.394 e. The maximum atomic E-state index is 8.57. The number of fused-ring (bicyclic) bond motifs is 1. The lowest BCUT2D eigenvalue weighted by Gasteiger charge is -2.15. The number of aliphatic hydroxyl groups is 1. The molecule has 1 aliphatic rings. The van der Waals surface area contributed by atoms with Crippen molar-refractivity contribution in [3.8, 4) is 0 Å². The summed E-state index contributed by atoms with van der Waals surface area (Å²) >= 11 is 1.87. The summed E-state index contributed by atoms with van der Waals surface area (Å²) in [5.74, 6) is 0.817. The summed E-state index contributed by atoms with van der Waals surface area (Å²) in [6.45, 7) is 5.39. The van der Waals surface area contributed by atoms with Crippen LogP contribution in [0.1, 0.15) is 35.3 Å². The van der Waals surface area contributed by atoms with E-state index in [1.54, 1.807) is 0 Å². The summed E-state index contributed by atoms with van der Waals surface area (Å²) in [7, 11) is 0. The molecule has 0 saturated carbocycles. The Hall–Kier alpha value is -0.490. The number of rotatable bonds is 8. The summed E-state index contributed by atoms with van der Waals surface area (Å²) < 4.78 is 5.21. The number of nitrogens with zero attached hydrogens (tertiary/aromatic N) is 1. The Morgan fingerprint density at radius 3 is 3.21 bits per heavy atom. The van der Waals surface area contributed by atoms with E-state index in [-0.39, 0.29) is 6.61 Å². The Labute approximate surface area is 119 Å². The van der Waals surface area contributed by atoms with Gasteiger partial charge in [0.25, 0.3) is 0 Å². The van der Waals surface area contributed by atoms with Crippen molar-refractivity contribution >= 4 is 11.3 Å². The van der Waals surface area contributed by atoms with Gasteiger partial charge in [0.2, 0.25) is 0 Å². The fourth-order valence-electron chi connectivity index (χ4n) is 2.33. The first-order valence-corrected chi connectivity index (χ1v) is 7.98. The number of aryl methyl sites for hydroxylation is 1. The van der Waals surface area contributed by atoms with Crippen LogP contribution in [0.3, 0.4) is 0 Å². The third-order valence-corrected chi connectivity index (χ3v) is 4.50. The van der Waals surface area contributed by atoms with Crippen LogP contribution in [0.5, 0.6) is 0 Å². The summed E-state index contributed by atoms with van der Waals surface area (Å²) in [4.78, 5) is 6.23. The quantitative estimate of drug-likeness (QED) is 0.714. The number of nitrogens with one attached hydrogen (secondary N) is 1. The summed E-state index contributed by atoms with van der Waals surface area (Å²) in [5, 5.41) is 13.2. The molecule has 108 valence electrons. The molecular formula is C14H24N2O2S. The monoisotopic (exact) mass is 284 g/mol. The van der Waals surface area contributed by atoms with Gasteiger partial charge in [-0.1, -0.05) is 6.92 Å². The maximum absolute atomic E-state index is 8.57. The lowest BCUT2D eigenvalue weighted by molar-refractivity contribution is 0.0907. The average molecular weight is 284 g/mol. The summed E-state index contributed by atoms with van der Waals surface area (Å²) in [6, 6.07) is 0. The van der Waals surface area contributed by atoms with Gasteiger partial charge in [-0.05, 0) is 38.1 Å². The summed E-state index contributed by atoms with van der Waals surface area (Å²) in [5.41, 5.74) is 1.34. The van der Waals surface area contributed by atoms with Gasteiger partial charge < -0.3 is 15.2 Å². The van der Waals surface area contributed by atoms with Crippen molar-refractivity contribution in [2.24, 2.45) is 5.92 Å². The van der Waals surface area contributed by atoms with E-state index in [1.807, 2.05) is 11.3 Å². The SMILES string of the molecule is CC1CCc2nc(CNCCCOCCO)sc2C1. The molecule has 1 atom stereocenters. The van der Waals surface area contributed by atoms with Crippen molar-refractivity contribution in [2.75, 3.05) is 26.4 Å². The van der Waals surface area contributed by atoms with Crippen molar-refractivity contribution in [1.29, 1.82) is 0 Å². The van der Waals surface area contributed by atoms with Crippen LogP contribution in [0, 0.1) is 5.92 Å². The highest BCUT2D eigenvalue weighted by Crippen LogP contribution is 2.29. The van der Waals surface area contributed by atoms with Gasteiger partial charge in [-0.25, -0.2) is 4.98 Å². The smallest absolute Gasteiger partial charge is 0.107 e. The van der Waals surface area contributed by atoms with E-state index in [4.69, 9.17) is 14.8 Å². The second-order valence-corrected chi connectivity index (χ2v) is 6.36. The standard InChI is InChI=1S/C14H24N2O2S/c1-11-3-4-12-13(9-11)19-14(16-12)10-15-5-2-7-18-8-6-17/h11,15,17H,2-10H2,1H3. The Bertz CT molecular complexity index is 382. The lowest BCUT2D eigenvalue weighted by atomic mass is 9.93. The van der Waals surface area contributed by atoms with E-state index in [9.17, 15) is 0 Å². The molecule has 4 nitrogen and oxygen atoms in total. The van der Waals surface area contributed by atoms with Crippen LogP contribution in [0.25, 0.3) is 0 Å². The highest BCUT2D eigenvalue weighted by molar-refractivity contribution is 7.11. The van der Waals surface area contributed by atoms with E-state index < -0.39 is 0 Å². The first kappa shape index (κ1) is 14.9. The highest BCUT2D eigenvalue weighted by atomic mass is 32.1. The molecular weight excluding hydrogens is 260 g/mol. The third-order valence-electron chi connectivity index (χ3n) is 3.38. The summed E-state index contributed by atoms with van der Waals surface area (Å²) in [6.07, 6.45) is 4.62. The van der Waals surface area contributed by atoms with E-state index in [1.165, 1.54) is 28.4 Å². The molecule has 19 heavy (non-hydrogen) atoms. The molecule has 0 aromatic carbocycles. The molecule has 1 aromatic heterocycles. The van der Waals surface area contributed by atoms with Crippen LogP contribution < -0.4 is 5.32 Å². The molecule has 2 N–H and O–H groups in total. The van der Waals surface area contributed by atoms with Crippen LogP contribution >= 0.6 is 11.3 Å². The lowest BCUT2D eigenvalue weighted by Crippen LogP contribution is -2.16. The normalized spacial score (nSPS) is 18.5. The molecule has 1 unspecified atom stereocenters. The maximum Gasteiger partial charge on any atom is 0.107 e. The van der Waals surface area contributed by atoms with E-state index in [0.29, 0.717) is 13.2 Å². The second kappa shape index (κ2) is 7.94. The molecule has 1 aliphatic carbocycles. The first-order chi connectivity index (χ1) is 9.29. The van der Waals surface area contributed by atoms with E-state index >= 15 is 0 Å². The molecule has 1 heterocycles. The van der Waals surface area contributed by atoms with Crippen LogP contribution in [0.4, 0.5) is 0 Å². The van der Waals surface area contributed by atoms with Gasteiger partial charge in [-0.2, -0.15) is 0 Å². The van der Waals surface area contributed by atoms with Gasteiger partial charge in [0.1, 0.15) is 5.01 Å². The Balaban J connectivity index is 1.64. The molecule has 5 heteroatoms. The van der Waals surface area contributed by atoms with Gasteiger partial charge in [-0.3, -0.25) is 0 Å². The van der Waals surface area contributed by atoms with Crippen molar-refractivity contribution in [1.82, 2.24) is 10.3 Å². The Kier molecular flexibility index (Phi) is 6.23. The number of aromatic nitrogens is 1. The zero-order valence-electron chi connectivity index (χ0n) is 11.7. The molecule has 2 rings (SSSR count). The van der Waals surface area contributed by atoms with Crippen molar-refractivity contribution in [3.05, 3.63) is 15.6 Å². The zero-order valence-corrected chi connectivity index (χ0v) is 12.5. The minimum atomic E-state index is 0.108. The molecule has 0 saturated heterocycles. The highest BCUT2D eigenvalue weighted by Gasteiger charge is 2.19. The fraction of sp³-hybridized carbons (Fsp3) is 0.786. The first-order valence-electron chi connectivity index (χ1n) is 7.16. The van der Waals surface area contributed by atoms with Gasteiger partial charge in [0.05, 0.1) is 18.9 Å². The Morgan fingerprint density at radius 1 is 1.47 bits per heavy atom. The van der Waals surface area contributed by atoms with Crippen molar-refractivity contribution < 1.29 is 9.84 Å². The van der Waals surface area contributed by atoms with Crippen LogP contribution in [-0.4, -0.2) is 36.5 Å². The van der Waals surface area contributed by atoms with Crippen LogP contribution in [-0.2, 0) is 24.1 Å². The molecule has 0 aliphatic heterocycles. The van der Waals surface area contributed by atoms with Gasteiger partial charge in [-0.15, -0.1) is 11.3 Å². The molecule has 0 radical (unpaired) electrons. The van der Waals surface area contributed by atoms with Gasteiger partial charge >= 0.3 is 0 Å². The minimum absolute atomic E-state index is 0.108. The van der Waals surface area contributed by atoms with Gasteiger partial charge in [0.15, 0.2) is 0 Å². The minimum Gasteiger partial charge on any atom is -0.394 e. The number of ether oxygens (including phenoxy) is 1. The number of aliphatic hydroxyl groups excluding tert-OH is 1. The number of thiazole rings is 1. The number of hydrogen-bond acceptors (Lipinski definition) is 5. The van der Waals surface area contributed by atoms with Crippen LogP contribution in [0.15, 0.2) is 0 Å². The third kappa shape index (κ3) is 4.84. The fourth-order valence-corrected chi connectivity index (χ4v) is 3.58. The molecule has 0 spiro atoms. The van der Waals surface area contributed by atoms with E-state index in [2.05, 4.69) is 12.2 Å². The zero-order chi connectivity index (χ0) is 13.5. The van der Waals surface area contributed by atoms with Crippen molar-refractivity contribution in [3.63, 3.8) is 0 Å². The Morgan fingerprint density at radius 2 is 2.37 bits per heavy atom.